The lowest BCUT2D eigenvalue weighted by molar-refractivity contribution is 0.0952. The van der Waals surface area contributed by atoms with Crippen molar-refractivity contribution in [2.45, 2.75) is 33.6 Å². The van der Waals surface area contributed by atoms with E-state index in [0.29, 0.717) is 5.92 Å². The summed E-state index contributed by atoms with van der Waals surface area (Å²) in [6.45, 7) is 6.18. The molecule has 1 aromatic carbocycles. The van der Waals surface area contributed by atoms with Crippen molar-refractivity contribution in [3.8, 4) is 5.75 Å². The molecule has 0 atom stereocenters. The van der Waals surface area contributed by atoms with Gasteiger partial charge in [0.25, 0.3) is 5.91 Å². The fourth-order valence-corrected chi connectivity index (χ4v) is 1.43. The summed E-state index contributed by atoms with van der Waals surface area (Å²) in [4.78, 5) is 11.7. The fraction of sp³-hybridized carbons (Fsp3) is 0.429. The molecule has 4 heteroatoms. The lowest BCUT2D eigenvalue weighted by atomic mass is 10.1. The van der Waals surface area contributed by atoms with Crippen LogP contribution in [0.25, 0.3) is 0 Å². The molecule has 0 bridgehead atoms. The van der Waals surface area contributed by atoms with Gasteiger partial charge >= 0.3 is 0 Å². The van der Waals surface area contributed by atoms with Crippen LogP contribution >= 0.6 is 0 Å². The number of rotatable bonds is 5. The largest absolute Gasteiger partial charge is 0.507 e. The zero-order chi connectivity index (χ0) is 13.5. The first-order valence-corrected chi connectivity index (χ1v) is 6.12. The van der Waals surface area contributed by atoms with E-state index in [9.17, 15) is 9.90 Å². The van der Waals surface area contributed by atoms with Gasteiger partial charge in [-0.3, -0.25) is 4.79 Å². The number of benzene rings is 1. The van der Waals surface area contributed by atoms with Crippen LogP contribution in [0.1, 0.15) is 44.0 Å². The Balaban J connectivity index is 2.56. The minimum Gasteiger partial charge on any atom is -0.507 e. The first-order chi connectivity index (χ1) is 8.50. The average Bonchev–Trinajstić information content (AvgIpc) is 2.34. The van der Waals surface area contributed by atoms with Crippen molar-refractivity contribution in [2.75, 3.05) is 0 Å². The minimum absolute atomic E-state index is 0.0370. The number of amides is 1. The molecular formula is C14H20N2O2. The number of para-hydroxylation sites is 1. The van der Waals surface area contributed by atoms with E-state index in [-0.39, 0.29) is 11.3 Å². The summed E-state index contributed by atoms with van der Waals surface area (Å²) in [5, 5.41) is 13.5. The molecule has 0 heterocycles. The van der Waals surface area contributed by atoms with Gasteiger partial charge in [0.05, 0.1) is 5.56 Å². The van der Waals surface area contributed by atoms with Crippen molar-refractivity contribution in [3.05, 3.63) is 29.8 Å². The Bertz CT molecular complexity index is 439. The molecule has 0 saturated heterocycles. The van der Waals surface area contributed by atoms with Crippen LogP contribution in [0.2, 0.25) is 0 Å². The van der Waals surface area contributed by atoms with Gasteiger partial charge in [-0.25, -0.2) is 5.43 Å². The number of nitrogens with one attached hydrogen (secondary N) is 1. The summed E-state index contributed by atoms with van der Waals surface area (Å²) in [6, 6.07) is 6.40. The molecule has 0 radical (unpaired) electrons. The van der Waals surface area contributed by atoms with Crippen LogP contribution in [0.15, 0.2) is 29.4 Å². The van der Waals surface area contributed by atoms with Crippen molar-refractivity contribution in [1.82, 2.24) is 5.43 Å². The zero-order valence-electron chi connectivity index (χ0n) is 11.1. The van der Waals surface area contributed by atoms with Crippen LogP contribution in [0.5, 0.6) is 5.75 Å². The number of carbonyl (C=O) groups excluding carboxylic acids is 1. The maximum absolute atomic E-state index is 11.7. The SMILES string of the molecule is C/C(CCC(C)C)=N\NC(=O)c1ccccc1O. The van der Waals surface area contributed by atoms with Gasteiger partial charge < -0.3 is 5.11 Å². The van der Waals surface area contributed by atoms with E-state index in [1.54, 1.807) is 18.2 Å². The molecule has 0 unspecified atom stereocenters. The van der Waals surface area contributed by atoms with Gasteiger partial charge in [0.2, 0.25) is 0 Å². The van der Waals surface area contributed by atoms with Crippen molar-refractivity contribution >= 4 is 11.6 Å². The second-order valence-corrected chi connectivity index (χ2v) is 4.74. The molecular weight excluding hydrogens is 228 g/mol. The Labute approximate surface area is 108 Å². The average molecular weight is 248 g/mol. The standard InChI is InChI=1S/C14H20N2O2/c1-10(2)8-9-11(3)15-16-14(18)12-6-4-5-7-13(12)17/h4-7,10,17H,8-9H2,1-3H3,(H,16,18)/b15-11+. The maximum Gasteiger partial charge on any atom is 0.275 e. The Morgan fingerprint density at radius 3 is 2.67 bits per heavy atom. The molecule has 18 heavy (non-hydrogen) atoms. The minimum atomic E-state index is -0.392. The van der Waals surface area contributed by atoms with Crippen LogP contribution in [0.3, 0.4) is 0 Å². The van der Waals surface area contributed by atoms with E-state index in [0.717, 1.165) is 18.6 Å². The summed E-state index contributed by atoms with van der Waals surface area (Å²) < 4.78 is 0. The number of nitrogens with zero attached hydrogens (tertiary/aromatic N) is 1. The third-order valence-corrected chi connectivity index (χ3v) is 2.58. The maximum atomic E-state index is 11.7. The third-order valence-electron chi connectivity index (χ3n) is 2.58. The Morgan fingerprint density at radius 2 is 2.06 bits per heavy atom. The van der Waals surface area contributed by atoms with Crippen molar-refractivity contribution in [1.29, 1.82) is 0 Å². The third kappa shape index (κ3) is 4.57. The van der Waals surface area contributed by atoms with E-state index in [4.69, 9.17) is 0 Å². The van der Waals surface area contributed by atoms with Gasteiger partial charge in [-0.05, 0) is 37.8 Å². The molecule has 0 fully saturated rings. The molecule has 0 aliphatic rings. The molecule has 0 spiro atoms. The summed E-state index contributed by atoms with van der Waals surface area (Å²) in [7, 11) is 0. The predicted octanol–water partition coefficient (Wildman–Crippen LogP) is 2.93. The van der Waals surface area contributed by atoms with E-state index in [2.05, 4.69) is 24.4 Å². The monoisotopic (exact) mass is 248 g/mol. The number of hydrazone groups is 1. The quantitative estimate of drug-likeness (QED) is 0.621. The molecule has 0 aliphatic heterocycles. The van der Waals surface area contributed by atoms with E-state index >= 15 is 0 Å². The van der Waals surface area contributed by atoms with Crippen molar-refractivity contribution < 1.29 is 9.90 Å². The number of phenols is 1. The van der Waals surface area contributed by atoms with Gasteiger partial charge in [0.15, 0.2) is 0 Å². The zero-order valence-corrected chi connectivity index (χ0v) is 11.1. The Hall–Kier alpha value is -1.84. The highest BCUT2D eigenvalue weighted by atomic mass is 16.3. The number of hydrogen-bond donors (Lipinski definition) is 2. The lowest BCUT2D eigenvalue weighted by Gasteiger charge is -2.05. The van der Waals surface area contributed by atoms with Crippen LogP contribution in [-0.2, 0) is 0 Å². The summed E-state index contributed by atoms with van der Waals surface area (Å²) in [6.07, 6.45) is 1.90. The fourth-order valence-electron chi connectivity index (χ4n) is 1.43. The Kier molecular flexibility index (Phi) is 5.36. The van der Waals surface area contributed by atoms with Gasteiger partial charge in [-0.15, -0.1) is 0 Å². The van der Waals surface area contributed by atoms with Crippen molar-refractivity contribution in [2.24, 2.45) is 11.0 Å². The van der Waals surface area contributed by atoms with Gasteiger partial charge in [-0.2, -0.15) is 5.10 Å². The van der Waals surface area contributed by atoms with E-state index in [1.807, 2.05) is 6.92 Å². The second kappa shape index (κ2) is 6.79. The molecule has 98 valence electrons. The second-order valence-electron chi connectivity index (χ2n) is 4.74. The topological polar surface area (TPSA) is 61.7 Å². The highest BCUT2D eigenvalue weighted by Gasteiger charge is 2.08. The highest BCUT2D eigenvalue weighted by Crippen LogP contribution is 2.14. The molecule has 2 N–H and O–H groups in total. The first-order valence-electron chi connectivity index (χ1n) is 6.12. The summed E-state index contributed by atoms with van der Waals surface area (Å²) in [5.41, 5.74) is 3.57. The van der Waals surface area contributed by atoms with Crippen LogP contribution in [0, 0.1) is 5.92 Å². The number of hydrogen-bond acceptors (Lipinski definition) is 3. The predicted molar refractivity (Wildman–Crippen MR) is 72.8 cm³/mol. The van der Waals surface area contributed by atoms with Crippen molar-refractivity contribution in [3.63, 3.8) is 0 Å². The molecule has 0 aliphatic carbocycles. The lowest BCUT2D eigenvalue weighted by Crippen LogP contribution is -2.19. The highest BCUT2D eigenvalue weighted by molar-refractivity contribution is 5.97. The molecule has 4 nitrogen and oxygen atoms in total. The molecule has 1 aromatic rings. The number of phenolic OH excluding ortho intramolecular Hbond substituents is 1. The molecule has 0 aromatic heterocycles. The summed E-state index contributed by atoms with van der Waals surface area (Å²) in [5.74, 6) is 0.186. The van der Waals surface area contributed by atoms with Crippen LogP contribution < -0.4 is 5.43 Å². The normalized spacial score (nSPS) is 11.7. The summed E-state index contributed by atoms with van der Waals surface area (Å²) >= 11 is 0. The van der Waals surface area contributed by atoms with Gasteiger partial charge in [0, 0.05) is 5.71 Å². The van der Waals surface area contributed by atoms with Gasteiger partial charge in [-0.1, -0.05) is 26.0 Å². The van der Waals surface area contributed by atoms with Crippen LogP contribution in [0.4, 0.5) is 0 Å². The first kappa shape index (κ1) is 14.2. The van der Waals surface area contributed by atoms with Crippen LogP contribution in [-0.4, -0.2) is 16.7 Å². The molecule has 1 rings (SSSR count). The van der Waals surface area contributed by atoms with E-state index in [1.165, 1.54) is 6.07 Å². The smallest absolute Gasteiger partial charge is 0.275 e. The van der Waals surface area contributed by atoms with Gasteiger partial charge in [0.1, 0.15) is 5.75 Å². The van der Waals surface area contributed by atoms with E-state index < -0.39 is 5.91 Å². The molecule has 0 saturated carbocycles. The Morgan fingerprint density at radius 1 is 1.39 bits per heavy atom. The number of carbonyl (C=O) groups is 1. The number of aromatic hydroxyl groups is 1. The molecule has 1 amide bonds.